The normalized spacial score (nSPS) is 22.8. The Labute approximate surface area is 203 Å². The Morgan fingerprint density at radius 2 is 1.69 bits per heavy atom. The van der Waals surface area contributed by atoms with E-state index in [-0.39, 0.29) is 30.2 Å². The van der Waals surface area contributed by atoms with Crippen molar-refractivity contribution in [2.45, 2.75) is 50.4 Å². The summed E-state index contributed by atoms with van der Waals surface area (Å²) >= 11 is 0. The Hall–Kier alpha value is -2.58. The number of carbonyl (C=O) groups is 1. The summed E-state index contributed by atoms with van der Waals surface area (Å²) in [4.78, 5) is 18.0. The maximum Gasteiger partial charge on any atom is 0.573 e. The number of halogens is 3. The van der Waals surface area contributed by atoms with Gasteiger partial charge in [0.1, 0.15) is 5.75 Å². The lowest BCUT2D eigenvalue weighted by molar-refractivity contribution is -0.274. The first kappa shape index (κ1) is 24.1. The summed E-state index contributed by atoms with van der Waals surface area (Å²) in [5, 5.41) is 9.06. The summed E-state index contributed by atoms with van der Waals surface area (Å²) in [5.74, 6) is 0.515. The molecule has 1 amide bonds. The molecule has 0 saturated carbocycles. The lowest BCUT2D eigenvalue weighted by atomic mass is 9.91. The minimum Gasteiger partial charge on any atom is -0.406 e. The van der Waals surface area contributed by atoms with Crippen LogP contribution in [0, 0.1) is 5.92 Å². The van der Waals surface area contributed by atoms with Crippen molar-refractivity contribution < 1.29 is 27.8 Å². The molecule has 2 atom stereocenters. The van der Waals surface area contributed by atoms with Crippen LogP contribution in [0.5, 0.6) is 5.75 Å². The largest absolute Gasteiger partial charge is 0.573 e. The topological polar surface area (TPSA) is 53.0 Å². The SMILES string of the molecule is O=C(C1CCN(CCCO)CC1)N1CC[C@@H]2C[C@H]1c1cc(-c3ccc(OC(F)(F)F)cc3)ccc12. The molecular formula is C27H31F3N2O3. The number of ether oxygens (including phenoxy) is 1. The Bertz CT molecular complexity index is 1050. The number of hydrogen-bond acceptors (Lipinski definition) is 4. The van der Waals surface area contributed by atoms with Crippen molar-refractivity contribution in [3.63, 3.8) is 0 Å². The molecule has 188 valence electrons. The van der Waals surface area contributed by atoms with Crippen LogP contribution in [0.3, 0.4) is 0 Å². The first-order valence-electron chi connectivity index (χ1n) is 12.5. The van der Waals surface area contributed by atoms with Crippen LogP contribution in [0.2, 0.25) is 0 Å². The van der Waals surface area contributed by atoms with Gasteiger partial charge in [0.2, 0.25) is 5.91 Å². The quantitative estimate of drug-likeness (QED) is 0.614. The predicted molar refractivity (Wildman–Crippen MR) is 126 cm³/mol. The van der Waals surface area contributed by atoms with Crippen LogP contribution in [0.4, 0.5) is 13.2 Å². The van der Waals surface area contributed by atoms with Crippen molar-refractivity contribution in [2.24, 2.45) is 5.92 Å². The molecule has 0 spiro atoms. The lowest BCUT2D eigenvalue weighted by Crippen LogP contribution is -2.45. The van der Waals surface area contributed by atoms with Crippen molar-refractivity contribution in [3.05, 3.63) is 53.6 Å². The van der Waals surface area contributed by atoms with E-state index >= 15 is 0 Å². The van der Waals surface area contributed by atoms with E-state index in [0.29, 0.717) is 5.92 Å². The van der Waals surface area contributed by atoms with Crippen LogP contribution < -0.4 is 4.74 Å². The summed E-state index contributed by atoms with van der Waals surface area (Å²) < 4.78 is 41.4. The number of aliphatic hydroxyl groups is 1. The van der Waals surface area contributed by atoms with E-state index < -0.39 is 6.36 Å². The standard InChI is InChI=1S/C27H31F3N2O3/c28-27(29,30)35-22-5-2-18(3-6-22)20-4-7-23-21-10-14-32(25(17-21)24(23)16-20)26(34)19-8-12-31(13-9-19)11-1-15-33/h2-7,16,19,21,25,33H,1,8-15,17H2/t21-,25+/m1/s1. The van der Waals surface area contributed by atoms with Gasteiger partial charge in [-0.25, -0.2) is 0 Å². The minimum absolute atomic E-state index is 0.0466. The molecule has 35 heavy (non-hydrogen) atoms. The van der Waals surface area contributed by atoms with Gasteiger partial charge in [-0.1, -0.05) is 24.3 Å². The number of rotatable bonds is 6. The number of benzene rings is 2. The van der Waals surface area contributed by atoms with Crippen molar-refractivity contribution in [1.29, 1.82) is 0 Å². The Balaban J connectivity index is 1.30. The van der Waals surface area contributed by atoms with Crippen LogP contribution in [-0.2, 0) is 4.79 Å². The third kappa shape index (κ3) is 5.19. The van der Waals surface area contributed by atoms with E-state index in [1.54, 1.807) is 12.1 Å². The van der Waals surface area contributed by atoms with Crippen LogP contribution in [-0.4, -0.2) is 60.0 Å². The average Bonchev–Trinajstić information content (AvgIpc) is 3.13. The minimum atomic E-state index is -4.71. The van der Waals surface area contributed by atoms with Gasteiger partial charge in [0.15, 0.2) is 0 Å². The molecule has 0 unspecified atom stereocenters. The highest BCUT2D eigenvalue weighted by atomic mass is 19.4. The van der Waals surface area contributed by atoms with Crippen LogP contribution in [0.15, 0.2) is 42.5 Å². The summed E-state index contributed by atoms with van der Waals surface area (Å²) in [5.41, 5.74) is 4.22. The number of carbonyl (C=O) groups excluding carboxylic acids is 1. The lowest BCUT2D eigenvalue weighted by Gasteiger charge is -2.39. The predicted octanol–water partition coefficient (Wildman–Crippen LogP) is 5.11. The molecule has 0 radical (unpaired) electrons. The second-order valence-electron chi connectivity index (χ2n) is 9.88. The Morgan fingerprint density at radius 3 is 2.37 bits per heavy atom. The summed E-state index contributed by atoms with van der Waals surface area (Å²) in [6.07, 6.45) is -0.317. The Morgan fingerprint density at radius 1 is 0.971 bits per heavy atom. The van der Waals surface area contributed by atoms with Crippen LogP contribution in [0.25, 0.3) is 11.1 Å². The molecule has 2 aromatic carbocycles. The van der Waals surface area contributed by atoms with Crippen molar-refractivity contribution >= 4 is 5.91 Å². The van der Waals surface area contributed by atoms with Gasteiger partial charge in [0, 0.05) is 25.6 Å². The van der Waals surface area contributed by atoms with Gasteiger partial charge >= 0.3 is 6.36 Å². The fourth-order valence-electron chi connectivity index (χ4n) is 6.00. The van der Waals surface area contributed by atoms with Gasteiger partial charge in [-0.05, 0) is 91.6 Å². The monoisotopic (exact) mass is 488 g/mol. The average molecular weight is 489 g/mol. The smallest absolute Gasteiger partial charge is 0.406 e. The fraction of sp³-hybridized carbons (Fsp3) is 0.519. The number of aliphatic hydroxyl groups excluding tert-OH is 1. The molecule has 2 heterocycles. The number of hydrogen-bond donors (Lipinski definition) is 1. The number of fused-ring (bicyclic) bond motifs is 5. The maximum atomic E-state index is 13.5. The molecule has 2 aliphatic heterocycles. The molecule has 2 fully saturated rings. The molecule has 3 aliphatic rings. The van der Waals surface area contributed by atoms with Gasteiger partial charge in [-0.3, -0.25) is 4.79 Å². The van der Waals surface area contributed by atoms with Gasteiger partial charge in [0.25, 0.3) is 0 Å². The number of likely N-dealkylation sites (tertiary alicyclic amines) is 2. The molecule has 5 nitrogen and oxygen atoms in total. The molecule has 0 aromatic heterocycles. The van der Waals surface area contributed by atoms with E-state index in [2.05, 4.69) is 26.7 Å². The second kappa shape index (κ2) is 9.82. The third-order valence-corrected chi connectivity index (χ3v) is 7.76. The van der Waals surface area contributed by atoms with Crippen molar-refractivity contribution in [1.82, 2.24) is 9.80 Å². The number of amides is 1. The maximum absolute atomic E-state index is 13.5. The van der Waals surface area contributed by atoms with Gasteiger partial charge in [0.05, 0.1) is 6.04 Å². The number of alkyl halides is 3. The van der Waals surface area contributed by atoms with E-state index in [1.807, 2.05) is 6.07 Å². The zero-order valence-electron chi connectivity index (χ0n) is 19.6. The van der Waals surface area contributed by atoms with Gasteiger partial charge < -0.3 is 19.6 Å². The summed E-state index contributed by atoms with van der Waals surface area (Å²) in [6, 6.07) is 12.3. The molecular weight excluding hydrogens is 457 g/mol. The Kier molecular flexibility index (Phi) is 6.77. The fourth-order valence-corrected chi connectivity index (χ4v) is 6.00. The van der Waals surface area contributed by atoms with Gasteiger partial charge in [-0.2, -0.15) is 0 Å². The van der Waals surface area contributed by atoms with Crippen molar-refractivity contribution in [2.75, 3.05) is 32.8 Å². The first-order valence-corrected chi connectivity index (χ1v) is 12.5. The third-order valence-electron chi connectivity index (χ3n) is 7.76. The van der Waals surface area contributed by atoms with E-state index in [9.17, 15) is 18.0 Å². The van der Waals surface area contributed by atoms with Crippen molar-refractivity contribution in [3.8, 4) is 16.9 Å². The highest BCUT2D eigenvalue weighted by Crippen LogP contribution is 2.50. The van der Waals surface area contributed by atoms with Crippen LogP contribution in [0.1, 0.15) is 55.2 Å². The van der Waals surface area contributed by atoms with Gasteiger partial charge in [-0.15, -0.1) is 13.2 Å². The van der Waals surface area contributed by atoms with Crippen LogP contribution >= 0.6 is 0 Å². The van der Waals surface area contributed by atoms with E-state index in [1.165, 1.54) is 23.3 Å². The molecule has 2 aromatic rings. The molecule has 2 saturated heterocycles. The molecule has 1 N–H and O–H groups in total. The second-order valence-corrected chi connectivity index (χ2v) is 9.88. The molecule has 1 aliphatic carbocycles. The molecule has 8 heteroatoms. The number of nitrogens with zero attached hydrogens (tertiary/aromatic N) is 2. The highest BCUT2D eigenvalue weighted by molar-refractivity contribution is 5.80. The first-order chi connectivity index (χ1) is 16.8. The number of piperidine rings is 2. The van der Waals surface area contributed by atoms with E-state index in [0.717, 1.165) is 69.4 Å². The molecule has 5 rings (SSSR count). The van der Waals surface area contributed by atoms with E-state index in [4.69, 9.17) is 5.11 Å². The summed E-state index contributed by atoms with van der Waals surface area (Å²) in [7, 11) is 0. The molecule has 2 bridgehead atoms. The highest BCUT2D eigenvalue weighted by Gasteiger charge is 2.42. The zero-order valence-corrected chi connectivity index (χ0v) is 19.6. The zero-order chi connectivity index (χ0) is 24.6. The summed E-state index contributed by atoms with van der Waals surface area (Å²) in [6.45, 7) is 3.64.